The van der Waals surface area contributed by atoms with Gasteiger partial charge in [0.05, 0.1) is 6.42 Å². The summed E-state index contributed by atoms with van der Waals surface area (Å²) in [5.74, 6) is 0.0127. The number of carbonyl (C=O) groups excluding carboxylic acids is 1. The van der Waals surface area contributed by atoms with Crippen molar-refractivity contribution in [3.8, 4) is 0 Å². The molecule has 2 heterocycles. The van der Waals surface area contributed by atoms with Crippen LogP contribution in [0.2, 0.25) is 0 Å². The van der Waals surface area contributed by atoms with Crippen molar-refractivity contribution in [2.75, 3.05) is 5.32 Å². The molecule has 4 nitrogen and oxygen atoms in total. The van der Waals surface area contributed by atoms with E-state index in [1.54, 1.807) is 12.3 Å². The summed E-state index contributed by atoms with van der Waals surface area (Å²) in [6, 6.07) is 7.72. The van der Waals surface area contributed by atoms with Crippen molar-refractivity contribution in [1.29, 1.82) is 0 Å². The van der Waals surface area contributed by atoms with Gasteiger partial charge in [-0.1, -0.05) is 0 Å². The maximum atomic E-state index is 11.8. The van der Waals surface area contributed by atoms with Crippen molar-refractivity contribution >= 4 is 11.6 Å². The summed E-state index contributed by atoms with van der Waals surface area (Å²) < 4.78 is 2.00. The summed E-state index contributed by atoms with van der Waals surface area (Å²) in [7, 11) is 0. The maximum Gasteiger partial charge on any atom is 0.230 e. The number of hydrogen-bond acceptors (Lipinski definition) is 2. The molecule has 1 amide bonds. The molecule has 0 aliphatic rings. The molecule has 20 heavy (non-hydrogen) atoms. The highest BCUT2D eigenvalue weighted by atomic mass is 79.9. The highest BCUT2D eigenvalue weighted by Gasteiger charge is 2.07. The molecule has 0 aromatic carbocycles. The molecule has 1 N–H and O–H groups in total. The van der Waals surface area contributed by atoms with Gasteiger partial charge in [0.15, 0.2) is 18.9 Å². The number of pyridine rings is 2. The zero-order valence-corrected chi connectivity index (χ0v) is 13.2. The SMILES string of the molecule is Cc1cc[n+](CCC(=O)Nc2ccnc(C)c2)cc1.[Br-]. The minimum atomic E-state index is 0. The Morgan fingerprint density at radius 2 is 1.95 bits per heavy atom. The second-order valence-electron chi connectivity index (χ2n) is 4.60. The second-order valence-corrected chi connectivity index (χ2v) is 4.60. The summed E-state index contributed by atoms with van der Waals surface area (Å²) in [4.78, 5) is 15.9. The van der Waals surface area contributed by atoms with E-state index in [-0.39, 0.29) is 22.9 Å². The van der Waals surface area contributed by atoms with Crippen LogP contribution in [0.5, 0.6) is 0 Å². The van der Waals surface area contributed by atoms with E-state index in [0.29, 0.717) is 13.0 Å². The molecule has 0 aliphatic carbocycles. The van der Waals surface area contributed by atoms with Gasteiger partial charge in [0.25, 0.3) is 0 Å². The Morgan fingerprint density at radius 3 is 2.60 bits per heavy atom. The number of aryl methyl sites for hydroxylation is 3. The number of nitrogens with one attached hydrogen (secondary N) is 1. The molecule has 0 unspecified atom stereocenters. The van der Waals surface area contributed by atoms with E-state index in [2.05, 4.69) is 10.3 Å². The van der Waals surface area contributed by atoms with Crippen LogP contribution in [0.4, 0.5) is 5.69 Å². The first-order chi connectivity index (χ1) is 9.13. The van der Waals surface area contributed by atoms with Crippen molar-refractivity contribution in [3.05, 3.63) is 54.1 Å². The Hall–Kier alpha value is -1.75. The molecule has 2 rings (SSSR count). The van der Waals surface area contributed by atoms with Crippen LogP contribution in [0.15, 0.2) is 42.9 Å². The van der Waals surface area contributed by atoms with E-state index in [0.717, 1.165) is 11.4 Å². The summed E-state index contributed by atoms with van der Waals surface area (Å²) in [5.41, 5.74) is 2.91. The summed E-state index contributed by atoms with van der Waals surface area (Å²) in [6.45, 7) is 4.62. The van der Waals surface area contributed by atoms with Crippen molar-refractivity contribution in [2.24, 2.45) is 0 Å². The minimum absolute atomic E-state index is 0. The molecule has 0 saturated heterocycles. The number of hydrogen-bond donors (Lipinski definition) is 1. The molecule has 0 bridgehead atoms. The molecule has 2 aromatic heterocycles. The third kappa shape index (κ3) is 5.09. The third-order valence-corrected chi connectivity index (χ3v) is 2.84. The summed E-state index contributed by atoms with van der Waals surface area (Å²) in [5, 5.41) is 2.87. The highest BCUT2D eigenvalue weighted by Crippen LogP contribution is 2.07. The predicted molar refractivity (Wildman–Crippen MR) is 73.6 cm³/mol. The van der Waals surface area contributed by atoms with Gasteiger partial charge in [-0.25, -0.2) is 4.57 Å². The lowest BCUT2D eigenvalue weighted by Gasteiger charge is -2.04. The zero-order chi connectivity index (χ0) is 13.7. The van der Waals surface area contributed by atoms with Crippen molar-refractivity contribution in [1.82, 2.24) is 4.98 Å². The predicted octanol–water partition coefficient (Wildman–Crippen LogP) is -0.981. The van der Waals surface area contributed by atoms with E-state index < -0.39 is 0 Å². The standard InChI is InChI=1S/C15H17N3O.BrH/c1-12-4-8-18(9-5-12)10-6-15(19)17-14-3-7-16-13(2)11-14;/h3-5,7-9,11H,6,10H2,1-2H3;1H. The van der Waals surface area contributed by atoms with E-state index in [4.69, 9.17) is 0 Å². The lowest BCUT2D eigenvalue weighted by molar-refractivity contribution is -0.695. The monoisotopic (exact) mass is 335 g/mol. The van der Waals surface area contributed by atoms with Gasteiger partial charge < -0.3 is 22.3 Å². The van der Waals surface area contributed by atoms with Crippen LogP contribution in [-0.2, 0) is 11.3 Å². The molecule has 0 saturated carbocycles. The van der Waals surface area contributed by atoms with Gasteiger partial charge in [-0.15, -0.1) is 0 Å². The fourth-order valence-corrected chi connectivity index (χ4v) is 1.76. The van der Waals surface area contributed by atoms with Crippen molar-refractivity contribution in [3.63, 3.8) is 0 Å². The fourth-order valence-electron chi connectivity index (χ4n) is 1.76. The van der Waals surface area contributed by atoms with Crippen LogP contribution in [0.1, 0.15) is 17.7 Å². The Bertz CT molecular complexity index is 570. The molecule has 5 heteroatoms. The van der Waals surface area contributed by atoms with Crippen LogP contribution >= 0.6 is 0 Å². The Labute approximate surface area is 129 Å². The third-order valence-electron chi connectivity index (χ3n) is 2.84. The van der Waals surface area contributed by atoms with Gasteiger partial charge in [-0.2, -0.15) is 0 Å². The molecule has 0 aliphatic heterocycles. The number of halogens is 1. The Balaban J connectivity index is 0.00000200. The van der Waals surface area contributed by atoms with Gasteiger partial charge in [0, 0.05) is 29.7 Å². The molecule has 0 radical (unpaired) electrons. The van der Waals surface area contributed by atoms with Crippen molar-refractivity contribution < 1.29 is 26.3 Å². The van der Waals surface area contributed by atoms with Gasteiger partial charge in [0.2, 0.25) is 5.91 Å². The summed E-state index contributed by atoms with van der Waals surface area (Å²) >= 11 is 0. The molecule has 106 valence electrons. The van der Waals surface area contributed by atoms with Crippen molar-refractivity contribution in [2.45, 2.75) is 26.8 Å². The average Bonchev–Trinajstić information content (AvgIpc) is 2.38. The topological polar surface area (TPSA) is 45.9 Å². The van der Waals surface area contributed by atoms with Crippen LogP contribution in [-0.4, -0.2) is 10.9 Å². The first-order valence-corrected chi connectivity index (χ1v) is 6.32. The Kier molecular flexibility index (Phi) is 6.31. The van der Waals surface area contributed by atoms with E-state index in [1.165, 1.54) is 5.56 Å². The van der Waals surface area contributed by atoms with Crippen LogP contribution in [0.25, 0.3) is 0 Å². The molecular formula is C15H18BrN3O. The fraction of sp³-hybridized carbons (Fsp3) is 0.267. The number of anilines is 1. The number of rotatable bonds is 4. The molecule has 0 spiro atoms. The number of amides is 1. The largest absolute Gasteiger partial charge is 1.00 e. The lowest BCUT2D eigenvalue weighted by atomic mass is 10.3. The van der Waals surface area contributed by atoms with Crippen LogP contribution in [0.3, 0.4) is 0 Å². The highest BCUT2D eigenvalue weighted by molar-refractivity contribution is 5.90. The maximum absolute atomic E-state index is 11.8. The van der Waals surface area contributed by atoms with E-state index in [9.17, 15) is 4.79 Å². The van der Waals surface area contributed by atoms with Gasteiger partial charge in [-0.3, -0.25) is 9.78 Å². The van der Waals surface area contributed by atoms with E-state index in [1.807, 2.05) is 49.0 Å². The van der Waals surface area contributed by atoms with Gasteiger partial charge in [-0.05, 0) is 31.5 Å². The van der Waals surface area contributed by atoms with Crippen LogP contribution < -0.4 is 26.9 Å². The Morgan fingerprint density at radius 1 is 1.25 bits per heavy atom. The zero-order valence-electron chi connectivity index (χ0n) is 11.6. The number of carbonyl (C=O) groups is 1. The number of nitrogens with zero attached hydrogens (tertiary/aromatic N) is 2. The second kappa shape index (κ2) is 7.75. The molecule has 0 fully saturated rings. The molecule has 2 aromatic rings. The lowest BCUT2D eigenvalue weighted by Crippen LogP contribution is -3.00. The first kappa shape index (κ1) is 16.3. The minimum Gasteiger partial charge on any atom is -1.00 e. The quantitative estimate of drug-likeness (QED) is 0.730. The van der Waals surface area contributed by atoms with Crippen LogP contribution in [0, 0.1) is 13.8 Å². The molecule has 0 atom stereocenters. The number of aromatic nitrogens is 2. The van der Waals surface area contributed by atoms with Gasteiger partial charge in [0.1, 0.15) is 0 Å². The summed E-state index contributed by atoms with van der Waals surface area (Å²) in [6.07, 6.45) is 6.12. The van der Waals surface area contributed by atoms with E-state index >= 15 is 0 Å². The first-order valence-electron chi connectivity index (χ1n) is 6.32. The normalized spacial score (nSPS) is 9.70. The van der Waals surface area contributed by atoms with Gasteiger partial charge >= 0.3 is 0 Å². The molecular weight excluding hydrogens is 318 g/mol. The smallest absolute Gasteiger partial charge is 0.230 e. The average molecular weight is 336 g/mol.